The van der Waals surface area contributed by atoms with Gasteiger partial charge in [0.2, 0.25) is 11.8 Å². The summed E-state index contributed by atoms with van der Waals surface area (Å²) in [4.78, 5) is 42.6. The second-order valence-electron chi connectivity index (χ2n) is 10.9. The third-order valence-electron chi connectivity index (χ3n) is 8.66. The molecule has 6 rings (SSSR count). The zero-order valence-electron chi connectivity index (χ0n) is 20.2. The molecule has 2 aliphatic carbocycles. The van der Waals surface area contributed by atoms with Gasteiger partial charge < -0.3 is 19.9 Å². The highest BCUT2D eigenvalue weighted by atomic mass is 19.1. The third kappa shape index (κ3) is 3.86. The van der Waals surface area contributed by atoms with Crippen molar-refractivity contribution in [1.29, 1.82) is 0 Å². The fourth-order valence-corrected chi connectivity index (χ4v) is 6.67. The smallest absolute Gasteiger partial charge is 0.258 e. The molecule has 1 aromatic carbocycles. The highest BCUT2D eigenvalue weighted by molar-refractivity contribution is 5.85. The van der Waals surface area contributed by atoms with E-state index < -0.39 is 29.7 Å². The minimum atomic E-state index is -0.642. The number of amides is 2. The number of pyridine rings is 1. The van der Waals surface area contributed by atoms with Crippen molar-refractivity contribution in [2.24, 2.45) is 17.8 Å². The predicted octanol–water partition coefficient (Wildman–Crippen LogP) is 3.00. The molecule has 2 amide bonds. The molecule has 36 heavy (non-hydrogen) atoms. The largest absolute Gasteiger partial charge is 0.396 e. The van der Waals surface area contributed by atoms with Crippen LogP contribution in [0.3, 0.4) is 0 Å². The van der Waals surface area contributed by atoms with Crippen molar-refractivity contribution in [3.05, 3.63) is 58.3 Å². The second-order valence-corrected chi connectivity index (χ2v) is 10.9. The number of rotatable bonds is 6. The molecule has 2 bridgehead atoms. The van der Waals surface area contributed by atoms with Crippen molar-refractivity contribution < 1.29 is 19.1 Å². The SMILES string of the molecule is O=C(NC1CCCC1)[C@@H]1[C@@H](CO)[C@@H]2Cn3c(ccc(-c4ccccc4F)c3=O)[C@H]1N2C(=O)CC1CC1. The van der Waals surface area contributed by atoms with E-state index in [0.717, 1.165) is 38.5 Å². The van der Waals surface area contributed by atoms with Gasteiger partial charge in [0, 0.05) is 42.8 Å². The van der Waals surface area contributed by atoms with E-state index in [4.69, 9.17) is 0 Å². The van der Waals surface area contributed by atoms with Gasteiger partial charge in [-0.3, -0.25) is 14.4 Å². The van der Waals surface area contributed by atoms with Crippen LogP contribution in [0.15, 0.2) is 41.2 Å². The number of aromatic nitrogens is 1. The fraction of sp³-hybridized carbons (Fsp3) is 0.536. The summed E-state index contributed by atoms with van der Waals surface area (Å²) < 4.78 is 16.1. The van der Waals surface area contributed by atoms with Crippen LogP contribution >= 0.6 is 0 Å². The maximum atomic E-state index is 14.5. The van der Waals surface area contributed by atoms with Crippen LogP contribution in [-0.4, -0.2) is 45.1 Å². The van der Waals surface area contributed by atoms with Crippen molar-refractivity contribution in [3.8, 4) is 11.1 Å². The van der Waals surface area contributed by atoms with Crippen LogP contribution in [0.2, 0.25) is 0 Å². The zero-order valence-corrected chi connectivity index (χ0v) is 20.2. The molecular weight excluding hydrogens is 461 g/mol. The summed E-state index contributed by atoms with van der Waals surface area (Å²) in [6, 6.07) is 8.56. The monoisotopic (exact) mass is 493 g/mol. The van der Waals surface area contributed by atoms with E-state index in [1.807, 2.05) is 0 Å². The second kappa shape index (κ2) is 9.14. The van der Waals surface area contributed by atoms with Crippen molar-refractivity contribution in [2.75, 3.05) is 6.61 Å². The Balaban J connectivity index is 1.43. The third-order valence-corrected chi connectivity index (χ3v) is 8.66. The van der Waals surface area contributed by atoms with Gasteiger partial charge in [0.25, 0.3) is 5.56 Å². The number of nitrogens with zero attached hydrogens (tertiary/aromatic N) is 2. The number of hydrogen-bond donors (Lipinski definition) is 2. The van der Waals surface area contributed by atoms with E-state index >= 15 is 0 Å². The first-order valence-corrected chi connectivity index (χ1v) is 13.2. The Hall–Kier alpha value is -3.00. The van der Waals surface area contributed by atoms with Gasteiger partial charge in [-0.25, -0.2) is 4.39 Å². The number of halogens is 1. The van der Waals surface area contributed by atoms with Crippen LogP contribution in [0, 0.1) is 23.6 Å². The summed E-state index contributed by atoms with van der Waals surface area (Å²) in [6.45, 7) is -0.0676. The number of carbonyl (C=O) groups excluding carboxylic acids is 2. The number of benzene rings is 1. The number of hydrogen-bond acceptors (Lipinski definition) is 4. The number of carbonyl (C=O) groups is 2. The molecule has 0 spiro atoms. The maximum Gasteiger partial charge on any atom is 0.258 e. The van der Waals surface area contributed by atoms with E-state index in [-0.39, 0.29) is 47.7 Å². The Kier molecular flexibility index (Phi) is 5.94. The maximum absolute atomic E-state index is 14.5. The van der Waals surface area contributed by atoms with E-state index in [1.165, 1.54) is 6.07 Å². The summed E-state index contributed by atoms with van der Waals surface area (Å²) in [5, 5.41) is 13.6. The lowest BCUT2D eigenvalue weighted by Crippen LogP contribution is -2.49. The molecule has 0 unspecified atom stereocenters. The minimum Gasteiger partial charge on any atom is -0.396 e. The quantitative estimate of drug-likeness (QED) is 0.647. The lowest BCUT2D eigenvalue weighted by molar-refractivity contribution is -0.137. The molecule has 2 saturated carbocycles. The van der Waals surface area contributed by atoms with Crippen LogP contribution in [0.4, 0.5) is 4.39 Å². The van der Waals surface area contributed by atoms with E-state index in [1.54, 1.807) is 39.8 Å². The fourth-order valence-electron chi connectivity index (χ4n) is 6.67. The van der Waals surface area contributed by atoms with Crippen LogP contribution < -0.4 is 10.9 Å². The molecule has 1 aromatic heterocycles. The van der Waals surface area contributed by atoms with Crippen LogP contribution in [0.5, 0.6) is 0 Å². The van der Waals surface area contributed by atoms with Crippen LogP contribution in [0.1, 0.15) is 56.7 Å². The zero-order chi connectivity index (χ0) is 25.0. The summed E-state index contributed by atoms with van der Waals surface area (Å²) in [5.41, 5.74) is 0.728. The Morgan fingerprint density at radius 3 is 2.47 bits per heavy atom. The van der Waals surface area contributed by atoms with E-state index in [0.29, 0.717) is 18.0 Å². The summed E-state index contributed by atoms with van der Waals surface area (Å²) in [5.74, 6) is -1.39. The van der Waals surface area contributed by atoms with Crippen molar-refractivity contribution in [2.45, 2.75) is 69.6 Å². The molecule has 0 radical (unpaired) electrons. The van der Waals surface area contributed by atoms with Gasteiger partial charge >= 0.3 is 0 Å². The molecule has 4 atom stereocenters. The van der Waals surface area contributed by atoms with Gasteiger partial charge in [0.15, 0.2) is 0 Å². The van der Waals surface area contributed by atoms with Gasteiger partial charge in [0.05, 0.1) is 23.6 Å². The summed E-state index contributed by atoms with van der Waals surface area (Å²) in [6.07, 6.45) is 6.52. The average Bonchev–Trinajstić information content (AvgIpc) is 3.46. The first kappa shape index (κ1) is 23.4. The molecule has 2 aliphatic heterocycles. The molecule has 3 heterocycles. The van der Waals surface area contributed by atoms with Gasteiger partial charge in [-0.05, 0) is 49.8 Å². The number of fused-ring (bicyclic) bond motifs is 4. The van der Waals surface area contributed by atoms with Crippen LogP contribution in [0.25, 0.3) is 11.1 Å². The summed E-state index contributed by atoms with van der Waals surface area (Å²) in [7, 11) is 0. The number of nitrogens with one attached hydrogen (secondary N) is 1. The highest BCUT2D eigenvalue weighted by Gasteiger charge is 2.57. The van der Waals surface area contributed by atoms with Gasteiger partial charge in [-0.1, -0.05) is 31.0 Å². The number of aliphatic hydroxyl groups excluding tert-OH is 1. The Morgan fingerprint density at radius 2 is 1.78 bits per heavy atom. The molecule has 190 valence electrons. The van der Waals surface area contributed by atoms with Gasteiger partial charge in [-0.15, -0.1) is 0 Å². The van der Waals surface area contributed by atoms with Crippen molar-refractivity contribution >= 4 is 11.8 Å². The van der Waals surface area contributed by atoms with Gasteiger partial charge in [0.1, 0.15) is 5.82 Å². The molecule has 2 N–H and O–H groups in total. The average molecular weight is 494 g/mol. The molecule has 3 fully saturated rings. The van der Waals surface area contributed by atoms with E-state index in [9.17, 15) is 23.9 Å². The molecular formula is C28H32FN3O4. The normalized spacial score (nSPS) is 27.2. The molecule has 2 aromatic rings. The van der Waals surface area contributed by atoms with Crippen molar-refractivity contribution in [1.82, 2.24) is 14.8 Å². The lowest BCUT2D eigenvalue weighted by Gasteiger charge is -2.38. The Bertz CT molecular complexity index is 1250. The molecule has 7 nitrogen and oxygen atoms in total. The topological polar surface area (TPSA) is 91.6 Å². The first-order valence-electron chi connectivity index (χ1n) is 13.2. The molecule has 4 aliphatic rings. The Labute approximate surface area is 209 Å². The lowest BCUT2D eigenvalue weighted by atomic mass is 9.86. The number of aliphatic hydroxyl groups is 1. The minimum absolute atomic E-state index is 0.0148. The predicted molar refractivity (Wildman–Crippen MR) is 131 cm³/mol. The first-order chi connectivity index (χ1) is 17.5. The molecule has 1 saturated heterocycles. The Morgan fingerprint density at radius 1 is 1.03 bits per heavy atom. The van der Waals surface area contributed by atoms with E-state index in [2.05, 4.69) is 5.32 Å². The van der Waals surface area contributed by atoms with Crippen molar-refractivity contribution in [3.63, 3.8) is 0 Å². The summed E-state index contributed by atoms with van der Waals surface area (Å²) >= 11 is 0. The highest BCUT2D eigenvalue weighted by Crippen LogP contribution is 2.49. The molecule has 8 heteroatoms. The van der Waals surface area contributed by atoms with Gasteiger partial charge in [-0.2, -0.15) is 0 Å². The van der Waals surface area contributed by atoms with Crippen LogP contribution in [-0.2, 0) is 16.1 Å². The standard InChI is InChI=1S/C28H32FN3O4/c29-21-8-4-3-7-18(21)19-11-12-22-26-25(27(35)30-17-5-1-2-6-17)20(15-33)23(14-31(22)28(19)36)32(26)24(34)13-16-9-10-16/h3-4,7-8,11-12,16-17,20,23,25-26,33H,1-2,5-6,9-10,13-15H2,(H,30,35)/t20-,23-,25+,26+/m0/s1.